The Hall–Kier alpha value is -3.61. The Morgan fingerprint density at radius 1 is 1.20 bits per heavy atom. The van der Waals surface area contributed by atoms with Gasteiger partial charge in [0, 0.05) is 17.9 Å². The Morgan fingerprint density at radius 2 is 1.93 bits per heavy atom. The number of aryl methyl sites for hydroxylation is 3. The lowest BCUT2D eigenvalue weighted by Crippen LogP contribution is -2.64. The first-order valence-corrected chi connectivity index (χ1v) is 14.4. The number of β-lactam (4-membered cyclic amide) rings is 1. The highest BCUT2D eigenvalue weighted by molar-refractivity contribution is 14.1. The predicted octanol–water partition coefficient (Wildman–Crippen LogP) is 3.73. The fourth-order valence-electron chi connectivity index (χ4n) is 5.26. The molecule has 0 saturated carbocycles. The van der Waals surface area contributed by atoms with Gasteiger partial charge in [-0.05, 0) is 47.2 Å². The number of imidazole rings is 1. The molecular weight excluding hydrogens is 641 g/mol. The molecule has 1 aromatic carbocycles. The van der Waals surface area contributed by atoms with E-state index in [-0.39, 0.29) is 43.4 Å². The number of carbonyl (C=O) groups excluding carboxylic acids is 3. The van der Waals surface area contributed by atoms with Crippen molar-refractivity contribution in [3.63, 3.8) is 0 Å². The van der Waals surface area contributed by atoms with Gasteiger partial charge in [-0.15, -0.1) is 0 Å². The molecule has 0 aliphatic carbocycles. The largest absolute Gasteiger partial charge is 0.508 e. The second kappa shape index (κ2) is 13.4. The van der Waals surface area contributed by atoms with Crippen LogP contribution in [-0.4, -0.2) is 59.5 Å². The molecule has 10 nitrogen and oxygen atoms in total. The van der Waals surface area contributed by atoms with Crippen LogP contribution in [0, 0.1) is 15.4 Å². The number of benzene rings is 1. The molecule has 1 aromatic heterocycles. The Balaban J connectivity index is 1.51. The van der Waals surface area contributed by atoms with Crippen LogP contribution in [0.4, 0.5) is 4.79 Å². The number of hydrogen-bond donors (Lipinski definition) is 0. The quantitative estimate of drug-likeness (QED) is 0.105. The first-order chi connectivity index (χ1) is 19.7. The molecule has 0 radical (unpaired) electrons. The van der Waals surface area contributed by atoms with Crippen LogP contribution in [0.1, 0.15) is 19.4 Å². The average molecular weight is 677 g/mol. The number of hydrogen-bond acceptors (Lipinski definition) is 7. The zero-order valence-electron chi connectivity index (χ0n) is 23.5. The van der Waals surface area contributed by atoms with Gasteiger partial charge < -0.3 is 23.8 Å². The molecule has 41 heavy (non-hydrogen) atoms. The number of halogens is 1. The molecule has 1 amide bonds. The van der Waals surface area contributed by atoms with Crippen molar-refractivity contribution < 1.29 is 37.9 Å². The molecule has 2 aliphatic heterocycles. The van der Waals surface area contributed by atoms with E-state index >= 15 is 0 Å². The number of rotatable bonds is 13. The standard InChI is InChI=1S/C30H35IN3O7/c1-6-14-38-29(36)27-22(19(3)26-25(28(35)34(26)27)20(4)41-30(37)39-15-7-2)17-40-24-16-21(8-9-23(24)31)10-11-33-13-12-32(5)18-33/h6-9,12-13,16,18-20,25-26H,1-2,10-11,14-15,17H2,3-5H3/q+1/t19?,20?,25-,26-/m1/s1. The van der Waals surface area contributed by atoms with Gasteiger partial charge in [-0.3, -0.25) is 4.79 Å². The second-order valence-corrected chi connectivity index (χ2v) is 11.2. The summed E-state index contributed by atoms with van der Waals surface area (Å²) in [6.45, 7) is 11.6. The van der Waals surface area contributed by atoms with Gasteiger partial charge in [-0.25, -0.2) is 18.7 Å². The fourth-order valence-corrected chi connectivity index (χ4v) is 5.75. The second-order valence-electron chi connectivity index (χ2n) is 10.1. The van der Waals surface area contributed by atoms with Crippen molar-refractivity contribution >= 4 is 40.6 Å². The predicted molar refractivity (Wildman–Crippen MR) is 158 cm³/mol. The van der Waals surface area contributed by atoms with Crippen LogP contribution in [-0.2, 0) is 43.8 Å². The third kappa shape index (κ3) is 6.66. The van der Waals surface area contributed by atoms with Gasteiger partial charge in [0.05, 0.1) is 29.1 Å². The number of carbonyl (C=O) groups is 3. The minimum atomic E-state index is -0.878. The SMILES string of the molecule is C=CCOC(=O)OC(C)[C@H]1C(=O)N2C(C(=O)OCC=C)=C(COc3cc(CCn4cc[n+](C)c4)ccc3I)C(C)[C@H]12. The van der Waals surface area contributed by atoms with Crippen molar-refractivity contribution in [1.29, 1.82) is 0 Å². The maximum atomic E-state index is 13.3. The number of nitrogens with zero attached hydrogens (tertiary/aromatic N) is 3. The van der Waals surface area contributed by atoms with E-state index in [1.165, 1.54) is 17.1 Å². The Labute approximate surface area is 253 Å². The smallest absolute Gasteiger partial charge is 0.488 e. The van der Waals surface area contributed by atoms with Crippen LogP contribution >= 0.6 is 22.6 Å². The van der Waals surface area contributed by atoms with Gasteiger partial charge in [-0.1, -0.05) is 38.3 Å². The van der Waals surface area contributed by atoms with E-state index in [0.29, 0.717) is 11.3 Å². The number of fused-ring (bicyclic) bond motifs is 1. The van der Waals surface area contributed by atoms with Crippen LogP contribution < -0.4 is 9.30 Å². The molecule has 2 unspecified atom stereocenters. The molecule has 1 saturated heterocycles. The maximum Gasteiger partial charge on any atom is 0.508 e. The highest BCUT2D eigenvalue weighted by Crippen LogP contribution is 2.48. The van der Waals surface area contributed by atoms with Gasteiger partial charge in [0.15, 0.2) is 0 Å². The van der Waals surface area contributed by atoms with Crippen molar-refractivity contribution in [3.8, 4) is 5.75 Å². The van der Waals surface area contributed by atoms with Crippen molar-refractivity contribution in [3.05, 3.63) is 82.6 Å². The van der Waals surface area contributed by atoms with E-state index in [9.17, 15) is 14.4 Å². The van der Waals surface area contributed by atoms with Gasteiger partial charge in [-0.2, -0.15) is 0 Å². The third-order valence-electron chi connectivity index (χ3n) is 7.29. The van der Waals surface area contributed by atoms with Crippen LogP contribution in [0.5, 0.6) is 5.75 Å². The van der Waals surface area contributed by atoms with Gasteiger partial charge in [0.2, 0.25) is 12.2 Å². The molecule has 218 valence electrons. The molecule has 4 atom stereocenters. The van der Waals surface area contributed by atoms with Crippen LogP contribution in [0.3, 0.4) is 0 Å². The first kappa shape index (κ1) is 30.4. The summed E-state index contributed by atoms with van der Waals surface area (Å²) in [7, 11) is 1.98. The lowest BCUT2D eigenvalue weighted by molar-refractivity contribution is -0.671. The Bertz CT molecular complexity index is 1370. The summed E-state index contributed by atoms with van der Waals surface area (Å²) in [5.41, 5.74) is 1.95. The zero-order chi connectivity index (χ0) is 29.7. The normalized spacial score (nSPS) is 20.1. The third-order valence-corrected chi connectivity index (χ3v) is 8.18. The molecule has 3 heterocycles. The molecule has 4 rings (SSSR count). The summed E-state index contributed by atoms with van der Waals surface area (Å²) >= 11 is 2.22. The summed E-state index contributed by atoms with van der Waals surface area (Å²) in [5.74, 6) is -1.12. The van der Waals surface area contributed by atoms with Crippen molar-refractivity contribution in [1.82, 2.24) is 9.47 Å². The summed E-state index contributed by atoms with van der Waals surface area (Å²) in [5, 5.41) is 0. The average Bonchev–Trinajstić information content (AvgIpc) is 3.47. The van der Waals surface area contributed by atoms with Crippen molar-refractivity contribution in [2.45, 2.75) is 39.0 Å². The molecule has 2 aliphatic rings. The van der Waals surface area contributed by atoms with E-state index in [2.05, 4.69) is 46.4 Å². The maximum absolute atomic E-state index is 13.3. The number of esters is 1. The van der Waals surface area contributed by atoms with Gasteiger partial charge in [0.1, 0.15) is 49.8 Å². The summed E-state index contributed by atoms with van der Waals surface area (Å²) < 4.78 is 26.9. The monoisotopic (exact) mass is 676 g/mol. The van der Waals surface area contributed by atoms with Crippen LogP contribution in [0.15, 0.2) is 73.5 Å². The molecule has 0 N–H and O–H groups in total. The molecule has 2 aromatic rings. The van der Waals surface area contributed by atoms with E-state index in [1.54, 1.807) is 6.92 Å². The summed E-state index contributed by atoms with van der Waals surface area (Å²) in [4.78, 5) is 39.9. The van der Waals surface area contributed by atoms with E-state index in [1.807, 2.05) is 49.4 Å². The van der Waals surface area contributed by atoms with Crippen molar-refractivity contribution in [2.75, 3.05) is 19.8 Å². The summed E-state index contributed by atoms with van der Waals surface area (Å²) in [6.07, 6.45) is 8.13. The highest BCUT2D eigenvalue weighted by Gasteiger charge is 2.61. The highest BCUT2D eigenvalue weighted by atomic mass is 127. The summed E-state index contributed by atoms with van der Waals surface area (Å²) in [6, 6.07) is 5.70. The number of aromatic nitrogens is 2. The Kier molecular flexibility index (Phi) is 9.90. The molecule has 0 bridgehead atoms. The van der Waals surface area contributed by atoms with Crippen molar-refractivity contribution in [2.24, 2.45) is 18.9 Å². The zero-order valence-corrected chi connectivity index (χ0v) is 25.6. The molecule has 11 heteroatoms. The van der Waals surface area contributed by atoms with E-state index < -0.39 is 24.1 Å². The number of amides is 1. The molecular formula is C30H35IN3O7+. The molecule has 0 spiro atoms. The van der Waals surface area contributed by atoms with Crippen LogP contribution in [0.2, 0.25) is 0 Å². The molecule has 1 fully saturated rings. The minimum Gasteiger partial charge on any atom is -0.488 e. The van der Waals surface area contributed by atoms with Gasteiger partial charge >= 0.3 is 12.1 Å². The van der Waals surface area contributed by atoms with E-state index in [4.69, 9.17) is 18.9 Å². The lowest BCUT2D eigenvalue weighted by atomic mass is 9.77. The lowest BCUT2D eigenvalue weighted by Gasteiger charge is -2.47. The van der Waals surface area contributed by atoms with E-state index in [0.717, 1.165) is 22.1 Å². The topological polar surface area (TPSA) is 100 Å². The fraction of sp³-hybridized carbons (Fsp3) is 0.400. The Morgan fingerprint density at radius 3 is 2.61 bits per heavy atom. The number of ether oxygens (including phenoxy) is 4. The van der Waals surface area contributed by atoms with Gasteiger partial charge in [0.25, 0.3) is 0 Å². The minimum absolute atomic E-state index is 0.00352. The first-order valence-electron chi connectivity index (χ1n) is 13.4. The van der Waals surface area contributed by atoms with Crippen LogP contribution in [0.25, 0.3) is 0 Å².